The molecule has 2 aromatic rings. The van der Waals surface area contributed by atoms with E-state index in [0.717, 1.165) is 24.8 Å². The molecule has 0 saturated heterocycles. The molecule has 1 N–H and O–H groups in total. The number of benzene rings is 2. The van der Waals surface area contributed by atoms with Gasteiger partial charge in [0, 0.05) is 0 Å². The fourth-order valence-corrected chi connectivity index (χ4v) is 7.13. The van der Waals surface area contributed by atoms with Gasteiger partial charge in [0.05, 0.1) is 0 Å². The molecule has 23 heavy (non-hydrogen) atoms. The summed E-state index contributed by atoms with van der Waals surface area (Å²) in [6.45, 7) is 1.96. The third kappa shape index (κ3) is 4.24. The molecular formula is C18H21NO2SSe. The predicted octanol–water partition coefficient (Wildman–Crippen LogP) is 2.64. The van der Waals surface area contributed by atoms with Crippen molar-refractivity contribution in [2.24, 2.45) is 0 Å². The first-order valence-electron chi connectivity index (χ1n) is 7.85. The van der Waals surface area contributed by atoms with Crippen molar-refractivity contribution in [3.8, 4) is 0 Å². The minimum absolute atomic E-state index is 0.0570. The first-order valence-corrected chi connectivity index (χ1v) is 11.2. The van der Waals surface area contributed by atoms with E-state index in [9.17, 15) is 8.42 Å². The van der Waals surface area contributed by atoms with E-state index >= 15 is 0 Å². The first-order chi connectivity index (χ1) is 11.0. The number of nitrogens with one attached hydrogen (secondary N) is 1. The van der Waals surface area contributed by atoms with Crippen LogP contribution in [0.2, 0.25) is 4.82 Å². The average molecular weight is 394 g/mol. The zero-order valence-corrected chi connectivity index (χ0v) is 15.6. The van der Waals surface area contributed by atoms with Gasteiger partial charge in [-0.3, -0.25) is 0 Å². The van der Waals surface area contributed by atoms with Gasteiger partial charge in [-0.05, 0) is 0 Å². The van der Waals surface area contributed by atoms with Gasteiger partial charge in [0.15, 0.2) is 0 Å². The maximum atomic E-state index is 12.6. The molecule has 0 unspecified atom stereocenters. The molecule has 0 bridgehead atoms. The Morgan fingerprint density at radius 1 is 1.00 bits per heavy atom. The van der Waals surface area contributed by atoms with Crippen molar-refractivity contribution in [3.63, 3.8) is 0 Å². The third-order valence-electron chi connectivity index (χ3n) is 4.12. The van der Waals surface area contributed by atoms with E-state index in [0.29, 0.717) is 24.7 Å². The minimum atomic E-state index is -3.43. The summed E-state index contributed by atoms with van der Waals surface area (Å²) in [5.41, 5.74) is 1.06. The van der Waals surface area contributed by atoms with E-state index in [1.54, 1.807) is 12.1 Å². The van der Waals surface area contributed by atoms with Gasteiger partial charge in [-0.2, -0.15) is 0 Å². The third-order valence-corrected chi connectivity index (χ3v) is 8.59. The summed E-state index contributed by atoms with van der Waals surface area (Å²) in [4.78, 5) is 0.797. The van der Waals surface area contributed by atoms with Gasteiger partial charge in [0.2, 0.25) is 0 Å². The van der Waals surface area contributed by atoms with Crippen LogP contribution in [0.25, 0.3) is 0 Å². The van der Waals surface area contributed by atoms with Crippen LogP contribution in [-0.2, 0) is 10.0 Å². The second kappa shape index (κ2) is 7.18. The Bertz CT molecular complexity index is 744. The van der Waals surface area contributed by atoms with Crippen LogP contribution < -0.4 is 9.18 Å². The number of rotatable bonds is 5. The van der Waals surface area contributed by atoms with Crippen LogP contribution in [0.3, 0.4) is 0 Å². The van der Waals surface area contributed by atoms with Gasteiger partial charge in [-0.1, -0.05) is 0 Å². The zero-order valence-electron chi connectivity index (χ0n) is 13.1. The van der Waals surface area contributed by atoms with Crippen LogP contribution in [0.5, 0.6) is 0 Å². The topological polar surface area (TPSA) is 46.2 Å². The van der Waals surface area contributed by atoms with Crippen LogP contribution in [0.4, 0.5) is 0 Å². The molecule has 0 radical (unpaired) electrons. The van der Waals surface area contributed by atoms with E-state index in [2.05, 4.69) is 29.0 Å². The summed E-state index contributed by atoms with van der Waals surface area (Å²) in [5.74, 6) is 0. The Morgan fingerprint density at radius 2 is 1.70 bits per heavy atom. The monoisotopic (exact) mass is 395 g/mol. The van der Waals surface area contributed by atoms with Gasteiger partial charge in [-0.25, -0.2) is 0 Å². The van der Waals surface area contributed by atoms with Crippen molar-refractivity contribution in [2.45, 2.75) is 41.9 Å². The van der Waals surface area contributed by atoms with Crippen LogP contribution in [0.15, 0.2) is 59.5 Å². The summed E-state index contributed by atoms with van der Waals surface area (Å²) in [5, 5.41) is 0. The Balaban J connectivity index is 1.72. The van der Waals surface area contributed by atoms with E-state index in [1.807, 2.05) is 25.1 Å². The van der Waals surface area contributed by atoms with Crippen molar-refractivity contribution >= 4 is 29.4 Å². The molecule has 2 aromatic carbocycles. The molecule has 0 aromatic heterocycles. The van der Waals surface area contributed by atoms with Gasteiger partial charge in [-0.15, -0.1) is 0 Å². The molecule has 0 heterocycles. The van der Waals surface area contributed by atoms with Crippen LogP contribution >= 0.6 is 0 Å². The van der Waals surface area contributed by atoms with E-state index in [4.69, 9.17) is 0 Å². The predicted molar refractivity (Wildman–Crippen MR) is 94.7 cm³/mol. The Labute approximate surface area is 144 Å². The standard InChI is InChI=1S/C18H21NO2SSe/c1-14-10-12-15(13-11-14)22(20,21)19-17-8-5-9-18(17)23-16-6-3-2-4-7-16/h2-4,6-7,10-13,17-19H,5,8-9H2,1H3/t17-,18-/m1/s1. The summed E-state index contributed by atoms with van der Waals surface area (Å²) in [7, 11) is -3.43. The van der Waals surface area contributed by atoms with E-state index in [-0.39, 0.29) is 6.04 Å². The fraction of sp³-hybridized carbons (Fsp3) is 0.333. The number of hydrogen-bond donors (Lipinski definition) is 1. The molecule has 122 valence electrons. The molecule has 0 aliphatic heterocycles. The molecule has 1 fully saturated rings. The van der Waals surface area contributed by atoms with Gasteiger partial charge < -0.3 is 0 Å². The van der Waals surface area contributed by atoms with Crippen molar-refractivity contribution in [3.05, 3.63) is 60.2 Å². The van der Waals surface area contributed by atoms with Gasteiger partial charge in [0.1, 0.15) is 0 Å². The molecule has 1 saturated carbocycles. The van der Waals surface area contributed by atoms with Crippen LogP contribution in [0, 0.1) is 6.92 Å². The van der Waals surface area contributed by atoms with Crippen LogP contribution in [-0.4, -0.2) is 29.4 Å². The van der Waals surface area contributed by atoms with Crippen molar-refractivity contribution in [2.75, 3.05) is 0 Å². The Kier molecular flexibility index (Phi) is 5.22. The molecule has 3 nitrogen and oxygen atoms in total. The number of hydrogen-bond acceptors (Lipinski definition) is 2. The first kappa shape index (κ1) is 16.7. The second-order valence-corrected chi connectivity index (χ2v) is 10.4. The SMILES string of the molecule is Cc1ccc(S(=O)(=O)N[C@@H]2CCC[C@H]2[Se]c2ccccc2)cc1. The maximum absolute atomic E-state index is 12.6. The Hall–Kier alpha value is -1.13. The fourth-order valence-electron chi connectivity index (χ4n) is 2.86. The molecular weight excluding hydrogens is 373 g/mol. The number of sulfonamides is 1. The van der Waals surface area contributed by atoms with Crippen LogP contribution in [0.1, 0.15) is 24.8 Å². The molecule has 0 amide bonds. The van der Waals surface area contributed by atoms with E-state index < -0.39 is 10.0 Å². The van der Waals surface area contributed by atoms with E-state index in [1.165, 1.54) is 4.46 Å². The number of aryl methyl sites for hydroxylation is 1. The Morgan fingerprint density at radius 3 is 2.39 bits per heavy atom. The molecule has 1 aliphatic rings. The summed E-state index contributed by atoms with van der Waals surface area (Å²) in [6.07, 6.45) is 3.14. The summed E-state index contributed by atoms with van der Waals surface area (Å²) >= 11 is 0.304. The van der Waals surface area contributed by atoms with Gasteiger partial charge in [0.25, 0.3) is 0 Å². The molecule has 2 atom stereocenters. The normalized spacial score (nSPS) is 21.4. The van der Waals surface area contributed by atoms with Gasteiger partial charge >= 0.3 is 145 Å². The average Bonchev–Trinajstić information content (AvgIpc) is 2.95. The molecule has 1 aliphatic carbocycles. The van der Waals surface area contributed by atoms with Crippen molar-refractivity contribution in [1.82, 2.24) is 4.72 Å². The molecule has 0 spiro atoms. The molecule has 5 heteroatoms. The van der Waals surface area contributed by atoms with Crippen molar-refractivity contribution < 1.29 is 8.42 Å². The zero-order chi connectivity index (χ0) is 16.3. The van der Waals surface area contributed by atoms with Crippen molar-refractivity contribution in [1.29, 1.82) is 0 Å². The second-order valence-electron chi connectivity index (χ2n) is 5.94. The quantitative estimate of drug-likeness (QED) is 0.793. The molecule has 3 rings (SSSR count). The summed E-state index contributed by atoms with van der Waals surface area (Å²) < 4.78 is 29.5. The summed E-state index contributed by atoms with van der Waals surface area (Å²) in [6, 6.07) is 17.5.